The Bertz CT molecular complexity index is 819. The van der Waals surface area contributed by atoms with Crippen LogP contribution in [0, 0.1) is 0 Å². The predicted octanol–water partition coefficient (Wildman–Crippen LogP) is 3.47. The van der Waals surface area contributed by atoms with Gasteiger partial charge in [-0.1, -0.05) is 25.5 Å². The first-order chi connectivity index (χ1) is 12.6. The first kappa shape index (κ1) is 17.8. The van der Waals surface area contributed by atoms with E-state index in [4.69, 9.17) is 9.47 Å². The number of ether oxygens (including phenoxy) is 2. The molecule has 0 saturated heterocycles. The van der Waals surface area contributed by atoms with E-state index in [0.29, 0.717) is 35.0 Å². The third-order valence-electron chi connectivity index (χ3n) is 4.18. The molecule has 0 saturated carbocycles. The maximum absolute atomic E-state index is 13.0. The lowest BCUT2D eigenvalue weighted by atomic mass is 10.1. The largest absolute Gasteiger partial charge is 0.493 e. The van der Waals surface area contributed by atoms with Gasteiger partial charge in [0, 0.05) is 5.56 Å². The summed E-state index contributed by atoms with van der Waals surface area (Å²) in [5, 5.41) is 2.78. The fourth-order valence-corrected chi connectivity index (χ4v) is 2.82. The second kappa shape index (κ2) is 7.91. The molecule has 0 bridgehead atoms. The monoisotopic (exact) mass is 354 g/mol. The number of carbonyl (C=O) groups excluding carboxylic acids is 2. The van der Waals surface area contributed by atoms with Gasteiger partial charge in [0.1, 0.15) is 6.54 Å². The van der Waals surface area contributed by atoms with Crippen molar-refractivity contribution in [3.05, 3.63) is 48.0 Å². The van der Waals surface area contributed by atoms with Gasteiger partial charge in [-0.25, -0.2) is 0 Å². The van der Waals surface area contributed by atoms with E-state index < -0.39 is 0 Å². The number of methoxy groups -OCH3 is 1. The summed E-state index contributed by atoms with van der Waals surface area (Å²) >= 11 is 0. The number of amides is 2. The third kappa shape index (κ3) is 3.64. The van der Waals surface area contributed by atoms with Gasteiger partial charge in [0.15, 0.2) is 11.5 Å². The average Bonchev–Trinajstić information content (AvgIpc) is 2.67. The van der Waals surface area contributed by atoms with Crippen molar-refractivity contribution in [3.8, 4) is 11.5 Å². The molecule has 6 nitrogen and oxygen atoms in total. The minimum absolute atomic E-state index is 0.0209. The SMILES string of the molecule is CCCCOc1ccc(C(=O)N2CC(=O)Nc3ccccc32)cc1OC. The summed E-state index contributed by atoms with van der Waals surface area (Å²) in [6.45, 7) is 2.67. The number of nitrogens with zero attached hydrogens (tertiary/aromatic N) is 1. The first-order valence-corrected chi connectivity index (χ1v) is 8.65. The van der Waals surface area contributed by atoms with Gasteiger partial charge in [-0.05, 0) is 36.8 Å². The summed E-state index contributed by atoms with van der Waals surface area (Å²) in [6.07, 6.45) is 1.98. The van der Waals surface area contributed by atoms with Crippen LogP contribution < -0.4 is 19.7 Å². The van der Waals surface area contributed by atoms with Crippen LogP contribution in [0.15, 0.2) is 42.5 Å². The molecular formula is C20H22N2O4. The zero-order chi connectivity index (χ0) is 18.5. The zero-order valence-electron chi connectivity index (χ0n) is 15.0. The molecule has 0 aromatic heterocycles. The van der Waals surface area contributed by atoms with Gasteiger partial charge >= 0.3 is 0 Å². The second-order valence-electron chi connectivity index (χ2n) is 6.02. The molecule has 0 fully saturated rings. The normalized spacial score (nSPS) is 13.0. The molecule has 0 atom stereocenters. The molecule has 6 heteroatoms. The minimum Gasteiger partial charge on any atom is -0.493 e. The molecule has 1 aliphatic heterocycles. The number of unbranched alkanes of at least 4 members (excludes halogenated alkanes) is 1. The lowest BCUT2D eigenvalue weighted by Gasteiger charge is -2.29. The third-order valence-corrected chi connectivity index (χ3v) is 4.18. The Hall–Kier alpha value is -3.02. The quantitative estimate of drug-likeness (QED) is 0.807. The summed E-state index contributed by atoms with van der Waals surface area (Å²) in [7, 11) is 1.54. The number of nitrogens with one attached hydrogen (secondary N) is 1. The average molecular weight is 354 g/mol. The predicted molar refractivity (Wildman–Crippen MR) is 100 cm³/mol. The van der Waals surface area contributed by atoms with Gasteiger partial charge in [-0.15, -0.1) is 0 Å². The Morgan fingerprint density at radius 3 is 2.77 bits per heavy atom. The highest BCUT2D eigenvalue weighted by molar-refractivity contribution is 6.15. The lowest BCUT2D eigenvalue weighted by molar-refractivity contribution is -0.115. The van der Waals surface area contributed by atoms with Gasteiger partial charge in [-0.3, -0.25) is 14.5 Å². The van der Waals surface area contributed by atoms with E-state index in [1.807, 2.05) is 18.2 Å². The molecule has 2 aromatic rings. The molecule has 136 valence electrons. The number of carbonyl (C=O) groups is 2. The fourth-order valence-electron chi connectivity index (χ4n) is 2.82. The van der Waals surface area contributed by atoms with Crippen LogP contribution in [0.2, 0.25) is 0 Å². The Morgan fingerprint density at radius 2 is 2.00 bits per heavy atom. The molecule has 1 N–H and O–H groups in total. The summed E-state index contributed by atoms with van der Waals surface area (Å²) in [5.41, 5.74) is 1.75. The van der Waals surface area contributed by atoms with Crippen LogP contribution in [0.4, 0.5) is 11.4 Å². The lowest BCUT2D eigenvalue weighted by Crippen LogP contribution is -2.42. The molecule has 3 rings (SSSR count). The molecule has 26 heavy (non-hydrogen) atoms. The smallest absolute Gasteiger partial charge is 0.258 e. The van der Waals surface area contributed by atoms with E-state index in [-0.39, 0.29) is 18.4 Å². The van der Waals surface area contributed by atoms with E-state index >= 15 is 0 Å². The van der Waals surface area contributed by atoms with Gasteiger partial charge in [0.05, 0.1) is 25.1 Å². The van der Waals surface area contributed by atoms with Crippen LogP contribution in [-0.2, 0) is 4.79 Å². The molecule has 0 aliphatic carbocycles. The van der Waals surface area contributed by atoms with Crippen molar-refractivity contribution in [2.45, 2.75) is 19.8 Å². The van der Waals surface area contributed by atoms with Crippen LogP contribution >= 0.6 is 0 Å². The Balaban J connectivity index is 1.87. The van der Waals surface area contributed by atoms with Crippen molar-refractivity contribution in [1.82, 2.24) is 0 Å². The van der Waals surface area contributed by atoms with Crippen molar-refractivity contribution in [1.29, 1.82) is 0 Å². The standard InChI is InChI=1S/C20H22N2O4/c1-3-4-11-26-17-10-9-14(12-18(17)25-2)20(24)22-13-19(23)21-15-7-5-6-8-16(15)22/h5-10,12H,3-4,11,13H2,1-2H3,(H,21,23). The maximum atomic E-state index is 13.0. The molecule has 0 radical (unpaired) electrons. The Kier molecular flexibility index (Phi) is 5.41. The van der Waals surface area contributed by atoms with E-state index in [0.717, 1.165) is 12.8 Å². The summed E-state index contributed by atoms with van der Waals surface area (Å²) < 4.78 is 11.1. The summed E-state index contributed by atoms with van der Waals surface area (Å²) in [5.74, 6) is 0.630. The number of rotatable bonds is 6. The van der Waals surface area contributed by atoms with Crippen molar-refractivity contribution in [3.63, 3.8) is 0 Å². The summed E-state index contributed by atoms with van der Waals surface area (Å²) in [4.78, 5) is 26.4. The van der Waals surface area contributed by atoms with Gasteiger partial charge < -0.3 is 14.8 Å². The van der Waals surface area contributed by atoms with Gasteiger partial charge in [0.2, 0.25) is 5.91 Å². The molecule has 0 spiro atoms. The second-order valence-corrected chi connectivity index (χ2v) is 6.02. The van der Waals surface area contributed by atoms with Crippen molar-refractivity contribution in [2.24, 2.45) is 0 Å². The number of hydrogen-bond acceptors (Lipinski definition) is 4. The van der Waals surface area contributed by atoms with Crippen LogP contribution in [0.25, 0.3) is 0 Å². The van der Waals surface area contributed by atoms with E-state index in [9.17, 15) is 9.59 Å². The number of anilines is 2. The van der Waals surface area contributed by atoms with Crippen LogP contribution in [0.5, 0.6) is 11.5 Å². The van der Waals surface area contributed by atoms with Crippen LogP contribution in [0.3, 0.4) is 0 Å². The molecular weight excluding hydrogens is 332 g/mol. The number of para-hydroxylation sites is 2. The number of fused-ring (bicyclic) bond motifs is 1. The van der Waals surface area contributed by atoms with E-state index in [1.165, 1.54) is 4.90 Å². The Morgan fingerprint density at radius 1 is 1.19 bits per heavy atom. The fraction of sp³-hybridized carbons (Fsp3) is 0.300. The van der Waals surface area contributed by atoms with Gasteiger partial charge in [0.25, 0.3) is 5.91 Å². The van der Waals surface area contributed by atoms with Crippen molar-refractivity contribution >= 4 is 23.2 Å². The molecule has 2 amide bonds. The maximum Gasteiger partial charge on any atom is 0.258 e. The van der Waals surface area contributed by atoms with Gasteiger partial charge in [-0.2, -0.15) is 0 Å². The molecule has 1 aliphatic rings. The topological polar surface area (TPSA) is 67.9 Å². The van der Waals surface area contributed by atoms with E-state index in [2.05, 4.69) is 12.2 Å². The van der Waals surface area contributed by atoms with Crippen LogP contribution in [-0.4, -0.2) is 32.1 Å². The first-order valence-electron chi connectivity index (χ1n) is 8.65. The molecule has 0 unspecified atom stereocenters. The highest BCUT2D eigenvalue weighted by Gasteiger charge is 2.27. The minimum atomic E-state index is -0.259. The van der Waals surface area contributed by atoms with Crippen molar-refractivity contribution < 1.29 is 19.1 Å². The Labute approximate surface area is 152 Å². The number of benzene rings is 2. The number of hydrogen-bond donors (Lipinski definition) is 1. The molecule has 1 heterocycles. The zero-order valence-corrected chi connectivity index (χ0v) is 15.0. The van der Waals surface area contributed by atoms with E-state index in [1.54, 1.807) is 31.4 Å². The summed E-state index contributed by atoms with van der Waals surface area (Å²) in [6, 6.07) is 12.3. The highest BCUT2D eigenvalue weighted by atomic mass is 16.5. The molecule has 2 aromatic carbocycles. The highest BCUT2D eigenvalue weighted by Crippen LogP contribution is 2.32. The van der Waals surface area contributed by atoms with Crippen molar-refractivity contribution in [2.75, 3.05) is 30.5 Å². The van der Waals surface area contributed by atoms with Crippen LogP contribution in [0.1, 0.15) is 30.1 Å².